The average Bonchev–Trinajstić information content (AvgIpc) is 2.98. The summed E-state index contributed by atoms with van der Waals surface area (Å²) in [6.07, 6.45) is 3.57. The van der Waals surface area contributed by atoms with Crippen LogP contribution in [0.5, 0.6) is 0 Å². The zero-order chi connectivity index (χ0) is 15.7. The molecule has 1 unspecified atom stereocenters. The number of halogens is 1. The molecule has 0 spiro atoms. The number of benzene rings is 1. The predicted octanol–water partition coefficient (Wildman–Crippen LogP) is 3.06. The standard InChI is InChI=1S/C16H17ClN4O/c1-10(22)21-8-2-3-14(21)15-13(9-19-16(18)20-15)11-4-6-12(17)7-5-11/h4-7,9,14H,2-3,8H2,1H3,(H2,18,19,20). The molecule has 6 heteroatoms. The molecule has 1 aromatic heterocycles. The first-order valence-corrected chi connectivity index (χ1v) is 7.59. The van der Waals surface area contributed by atoms with Crippen molar-refractivity contribution < 1.29 is 4.79 Å². The molecule has 0 saturated carbocycles. The predicted molar refractivity (Wildman–Crippen MR) is 86.3 cm³/mol. The van der Waals surface area contributed by atoms with Crippen molar-refractivity contribution >= 4 is 23.5 Å². The summed E-state index contributed by atoms with van der Waals surface area (Å²) >= 11 is 5.95. The third-order valence-corrected chi connectivity index (χ3v) is 4.22. The first-order valence-electron chi connectivity index (χ1n) is 7.22. The van der Waals surface area contributed by atoms with E-state index in [0.717, 1.165) is 36.2 Å². The van der Waals surface area contributed by atoms with Gasteiger partial charge in [0.15, 0.2) is 0 Å². The number of carbonyl (C=O) groups is 1. The van der Waals surface area contributed by atoms with Crippen molar-refractivity contribution in [3.63, 3.8) is 0 Å². The van der Waals surface area contributed by atoms with E-state index in [-0.39, 0.29) is 17.9 Å². The number of anilines is 1. The molecule has 1 atom stereocenters. The Kier molecular flexibility index (Phi) is 3.98. The molecular weight excluding hydrogens is 300 g/mol. The van der Waals surface area contributed by atoms with Crippen LogP contribution >= 0.6 is 11.6 Å². The number of aromatic nitrogens is 2. The Morgan fingerprint density at radius 1 is 1.36 bits per heavy atom. The average molecular weight is 317 g/mol. The van der Waals surface area contributed by atoms with E-state index in [9.17, 15) is 4.79 Å². The van der Waals surface area contributed by atoms with E-state index in [1.807, 2.05) is 29.2 Å². The molecule has 5 nitrogen and oxygen atoms in total. The number of hydrogen-bond acceptors (Lipinski definition) is 4. The molecule has 3 rings (SSSR count). The zero-order valence-electron chi connectivity index (χ0n) is 12.3. The lowest BCUT2D eigenvalue weighted by Crippen LogP contribution is -2.29. The Hall–Kier alpha value is -2.14. The minimum absolute atomic E-state index is 0.0477. The van der Waals surface area contributed by atoms with E-state index in [4.69, 9.17) is 17.3 Å². The third kappa shape index (κ3) is 2.76. The number of nitrogens with zero attached hydrogens (tertiary/aromatic N) is 3. The number of amides is 1. The molecule has 0 aliphatic carbocycles. The molecular formula is C16H17ClN4O. The molecule has 1 amide bonds. The van der Waals surface area contributed by atoms with Crippen LogP contribution < -0.4 is 5.73 Å². The lowest BCUT2D eigenvalue weighted by Gasteiger charge is -2.24. The van der Waals surface area contributed by atoms with E-state index in [1.165, 1.54) is 0 Å². The molecule has 22 heavy (non-hydrogen) atoms. The van der Waals surface area contributed by atoms with Crippen molar-refractivity contribution in [2.24, 2.45) is 0 Å². The maximum absolute atomic E-state index is 11.8. The maximum Gasteiger partial charge on any atom is 0.220 e. The Morgan fingerprint density at radius 2 is 2.09 bits per heavy atom. The van der Waals surface area contributed by atoms with E-state index in [0.29, 0.717) is 5.02 Å². The highest BCUT2D eigenvalue weighted by molar-refractivity contribution is 6.30. The van der Waals surface area contributed by atoms with Crippen molar-refractivity contribution in [2.75, 3.05) is 12.3 Å². The number of rotatable bonds is 2. The molecule has 0 bridgehead atoms. The van der Waals surface area contributed by atoms with Gasteiger partial charge in [0.25, 0.3) is 0 Å². The summed E-state index contributed by atoms with van der Waals surface area (Å²) in [5.74, 6) is 0.282. The van der Waals surface area contributed by atoms with Gasteiger partial charge in [-0.25, -0.2) is 9.97 Å². The summed E-state index contributed by atoms with van der Waals surface area (Å²) in [6.45, 7) is 2.34. The second-order valence-corrected chi connectivity index (χ2v) is 5.84. The number of carbonyl (C=O) groups excluding carboxylic acids is 1. The van der Waals surface area contributed by atoms with E-state index in [2.05, 4.69) is 9.97 Å². The summed E-state index contributed by atoms with van der Waals surface area (Å²) in [6, 6.07) is 7.46. The van der Waals surface area contributed by atoms with Crippen LogP contribution in [0, 0.1) is 0 Å². The highest BCUT2D eigenvalue weighted by Gasteiger charge is 2.31. The van der Waals surface area contributed by atoms with Gasteiger partial charge in [-0.1, -0.05) is 23.7 Å². The van der Waals surface area contributed by atoms with E-state index < -0.39 is 0 Å². The monoisotopic (exact) mass is 316 g/mol. The fraction of sp³-hybridized carbons (Fsp3) is 0.312. The van der Waals surface area contributed by atoms with Crippen LogP contribution in [0.2, 0.25) is 5.02 Å². The van der Waals surface area contributed by atoms with E-state index in [1.54, 1.807) is 13.1 Å². The molecule has 1 aromatic carbocycles. The van der Waals surface area contributed by atoms with Crippen LogP contribution in [0.15, 0.2) is 30.5 Å². The summed E-state index contributed by atoms with van der Waals surface area (Å²) in [5.41, 5.74) is 8.44. The van der Waals surface area contributed by atoms with Gasteiger partial charge in [0.1, 0.15) is 0 Å². The maximum atomic E-state index is 11.8. The largest absolute Gasteiger partial charge is 0.368 e. The quantitative estimate of drug-likeness (QED) is 0.924. The topological polar surface area (TPSA) is 72.1 Å². The van der Waals surface area contributed by atoms with Gasteiger partial charge in [0.2, 0.25) is 11.9 Å². The smallest absolute Gasteiger partial charge is 0.220 e. The second-order valence-electron chi connectivity index (χ2n) is 5.40. The first-order chi connectivity index (χ1) is 10.6. The Bertz CT molecular complexity index is 702. The highest BCUT2D eigenvalue weighted by atomic mass is 35.5. The normalized spacial score (nSPS) is 17.7. The van der Waals surface area contributed by atoms with Crippen molar-refractivity contribution in [1.29, 1.82) is 0 Å². The fourth-order valence-electron chi connectivity index (χ4n) is 2.94. The lowest BCUT2D eigenvalue weighted by molar-refractivity contribution is -0.129. The van der Waals surface area contributed by atoms with E-state index >= 15 is 0 Å². The van der Waals surface area contributed by atoms with Crippen LogP contribution in [-0.2, 0) is 4.79 Å². The molecule has 1 aliphatic rings. The van der Waals surface area contributed by atoms with Gasteiger partial charge in [-0.3, -0.25) is 4.79 Å². The van der Waals surface area contributed by atoms with Crippen LogP contribution in [0.4, 0.5) is 5.95 Å². The molecule has 2 heterocycles. The minimum atomic E-state index is -0.0477. The molecule has 1 aliphatic heterocycles. The second kappa shape index (κ2) is 5.93. The minimum Gasteiger partial charge on any atom is -0.368 e. The molecule has 114 valence electrons. The van der Waals surface area contributed by atoms with Gasteiger partial charge in [-0.15, -0.1) is 0 Å². The fourth-order valence-corrected chi connectivity index (χ4v) is 3.07. The lowest BCUT2D eigenvalue weighted by atomic mass is 10.00. The van der Waals surface area contributed by atoms with Crippen molar-refractivity contribution in [3.05, 3.63) is 41.2 Å². The molecule has 2 aromatic rings. The number of hydrogen-bond donors (Lipinski definition) is 1. The van der Waals surface area contributed by atoms with Gasteiger partial charge in [0, 0.05) is 30.3 Å². The first kappa shape index (κ1) is 14.8. The summed E-state index contributed by atoms with van der Waals surface area (Å²) < 4.78 is 0. The van der Waals surface area contributed by atoms with Gasteiger partial charge >= 0.3 is 0 Å². The van der Waals surface area contributed by atoms with Gasteiger partial charge in [0.05, 0.1) is 11.7 Å². The Labute approximate surface area is 134 Å². The summed E-state index contributed by atoms with van der Waals surface area (Å²) in [5, 5.41) is 0.674. The number of likely N-dealkylation sites (tertiary alicyclic amines) is 1. The molecule has 1 saturated heterocycles. The van der Waals surface area contributed by atoms with Crippen molar-refractivity contribution in [3.8, 4) is 11.1 Å². The number of nitrogens with two attached hydrogens (primary N) is 1. The van der Waals surface area contributed by atoms with Crippen molar-refractivity contribution in [2.45, 2.75) is 25.8 Å². The van der Waals surface area contributed by atoms with Gasteiger partial charge in [-0.2, -0.15) is 0 Å². The Balaban J connectivity index is 2.08. The summed E-state index contributed by atoms with van der Waals surface area (Å²) in [4.78, 5) is 22.2. The van der Waals surface area contributed by atoms with Crippen LogP contribution in [-0.4, -0.2) is 27.3 Å². The van der Waals surface area contributed by atoms with Crippen LogP contribution in [0.3, 0.4) is 0 Å². The molecule has 0 radical (unpaired) electrons. The van der Waals surface area contributed by atoms with Gasteiger partial charge in [-0.05, 0) is 30.5 Å². The van der Waals surface area contributed by atoms with Crippen molar-refractivity contribution in [1.82, 2.24) is 14.9 Å². The van der Waals surface area contributed by atoms with Crippen LogP contribution in [0.1, 0.15) is 31.5 Å². The zero-order valence-corrected chi connectivity index (χ0v) is 13.0. The summed E-state index contributed by atoms with van der Waals surface area (Å²) in [7, 11) is 0. The Morgan fingerprint density at radius 3 is 2.77 bits per heavy atom. The SMILES string of the molecule is CC(=O)N1CCCC1c1nc(N)ncc1-c1ccc(Cl)cc1. The highest BCUT2D eigenvalue weighted by Crippen LogP contribution is 2.36. The third-order valence-electron chi connectivity index (χ3n) is 3.97. The van der Waals surface area contributed by atoms with Crippen LogP contribution in [0.25, 0.3) is 11.1 Å². The number of nitrogen functional groups attached to an aromatic ring is 1. The molecule has 1 fully saturated rings. The molecule has 2 N–H and O–H groups in total. The van der Waals surface area contributed by atoms with Gasteiger partial charge < -0.3 is 10.6 Å².